The molecule has 0 aliphatic carbocycles. The van der Waals surface area contributed by atoms with Gasteiger partial charge in [0, 0.05) is 18.8 Å². The first-order valence-electron chi connectivity index (χ1n) is 7.76. The first kappa shape index (κ1) is 15.9. The van der Waals surface area contributed by atoms with E-state index in [0.29, 0.717) is 18.8 Å². The van der Waals surface area contributed by atoms with E-state index in [0.717, 1.165) is 11.3 Å². The number of carbonyl (C=O) groups excluding carboxylic acids is 1. The maximum atomic E-state index is 12.2. The molecule has 1 amide bonds. The molecule has 0 aliphatic rings. The van der Waals surface area contributed by atoms with E-state index in [1.165, 1.54) is 0 Å². The monoisotopic (exact) mass is 325 g/mol. The van der Waals surface area contributed by atoms with Crippen LogP contribution in [0.5, 0.6) is 0 Å². The zero-order chi connectivity index (χ0) is 16.9. The second-order valence-electron chi connectivity index (χ2n) is 5.50. The van der Waals surface area contributed by atoms with Crippen LogP contribution in [0.3, 0.4) is 0 Å². The molecule has 0 saturated heterocycles. The summed E-state index contributed by atoms with van der Waals surface area (Å²) in [5.41, 5.74) is 1.96. The summed E-state index contributed by atoms with van der Waals surface area (Å²) in [6.45, 7) is 4.22. The van der Waals surface area contributed by atoms with E-state index < -0.39 is 0 Å². The maximum Gasteiger partial charge on any atom is 0.222 e. The maximum absolute atomic E-state index is 12.2. The number of aryl methyl sites for hydroxylation is 2. The van der Waals surface area contributed by atoms with E-state index in [2.05, 4.69) is 25.9 Å². The first-order valence-corrected chi connectivity index (χ1v) is 7.76. The standard InChI is InChI=1S/C16H19N7O/c1-12(18-16(24)8-11-22-13(2)19-20-21-22)14-6-3-4-7-15(14)23-10-5-9-17-23/h3-7,9-10,12H,8,11H2,1-2H3,(H,18,24). The van der Waals surface area contributed by atoms with Crippen molar-refractivity contribution in [1.29, 1.82) is 0 Å². The summed E-state index contributed by atoms with van der Waals surface area (Å²) in [4.78, 5) is 12.2. The highest BCUT2D eigenvalue weighted by Crippen LogP contribution is 2.21. The quantitative estimate of drug-likeness (QED) is 0.740. The number of carbonyl (C=O) groups is 1. The Labute approximate surface area is 139 Å². The second-order valence-corrected chi connectivity index (χ2v) is 5.50. The van der Waals surface area contributed by atoms with Gasteiger partial charge in [-0.2, -0.15) is 5.10 Å². The van der Waals surface area contributed by atoms with Crippen LogP contribution in [0.15, 0.2) is 42.7 Å². The molecule has 1 atom stereocenters. The first-order chi connectivity index (χ1) is 11.6. The zero-order valence-corrected chi connectivity index (χ0v) is 13.6. The molecule has 124 valence electrons. The van der Waals surface area contributed by atoms with Gasteiger partial charge in [0.1, 0.15) is 5.82 Å². The SMILES string of the molecule is Cc1nnnn1CCC(=O)NC(C)c1ccccc1-n1cccn1. The summed E-state index contributed by atoms with van der Waals surface area (Å²) in [6, 6.07) is 9.62. The smallest absolute Gasteiger partial charge is 0.222 e. The summed E-state index contributed by atoms with van der Waals surface area (Å²) in [6.07, 6.45) is 3.93. The Balaban J connectivity index is 1.66. The van der Waals surface area contributed by atoms with Crippen molar-refractivity contribution in [1.82, 2.24) is 35.3 Å². The Morgan fingerprint density at radius 3 is 2.83 bits per heavy atom. The topological polar surface area (TPSA) is 90.5 Å². The molecule has 0 fully saturated rings. The van der Waals surface area contributed by atoms with Gasteiger partial charge in [0.15, 0.2) is 0 Å². The van der Waals surface area contributed by atoms with E-state index >= 15 is 0 Å². The summed E-state index contributed by atoms with van der Waals surface area (Å²) >= 11 is 0. The fraction of sp³-hybridized carbons (Fsp3) is 0.312. The average Bonchev–Trinajstić information content (AvgIpc) is 3.24. The molecule has 8 heteroatoms. The van der Waals surface area contributed by atoms with Crippen molar-refractivity contribution in [2.24, 2.45) is 0 Å². The van der Waals surface area contributed by atoms with Gasteiger partial charge in [-0.05, 0) is 42.0 Å². The van der Waals surface area contributed by atoms with Crippen LogP contribution in [0.2, 0.25) is 0 Å². The number of tetrazole rings is 1. The molecule has 0 saturated carbocycles. The normalized spacial score (nSPS) is 12.1. The van der Waals surface area contributed by atoms with Crippen LogP contribution in [0.4, 0.5) is 0 Å². The third-order valence-electron chi connectivity index (χ3n) is 3.79. The van der Waals surface area contributed by atoms with E-state index in [1.54, 1.807) is 22.5 Å². The zero-order valence-electron chi connectivity index (χ0n) is 13.6. The minimum absolute atomic E-state index is 0.0485. The Morgan fingerprint density at radius 2 is 2.12 bits per heavy atom. The number of rotatable bonds is 6. The third kappa shape index (κ3) is 3.48. The highest BCUT2D eigenvalue weighted by Gasteiger charge is 2.14. The Kier molecular flexibility index (Phi) is 4.64. The largest absolute Gasteiger partial charge is 0.349 e. The van der Waals surface area contributed by atoms with Crippen molar-refractivity contribution >= 4 is 5.91 Å². The minimum Gasteiger partial charge on any atom is -0.349 e. The average molecular weight is 325 g/mol. The molecule has 1 unspecified atom stereocenters. The van der Waals surface area contributed by atoms with Crippen LogP contribution in [0.25, 0.3) is 5.69 Å². The van der Waals surface area contributed by atoms with E-state index in [4.69, 9.17) is 0 Å². The van der Waals surface area contributed by atoms with Crippen molar-refractivity contribution in [2.75, 3.05) is 0 Å². The molecule has 24 heavy (non-hydrogen) atoms. The number of hydrogen-bond donors (Lipinski definition) is 1. The van der Waals surface area contributed by atoms with Crippen LogP contribution in [0.1, 0.15) is 30.8 Å². The number of hydrogen-bond acceptors (Lipinski definition) is 5. The summed E-state index contributed by atoms with van der Waals surface area (Å²) in [5, 5.41) is 18.5. The minimum atomic E-state index is -0.132. The van der Waals surface area contributed by atoms with Crippen LogP contribution in [0, 0.1) is 6.92 Å². The number of benzene rings is 1. The van der Waals surface area contributed by atoms with Gasteiger partial charge >= 0.3 is 0 Å². The van der Waals surface area contributed by atoms with Crippen molar-refractivity contribution in [2.45, 2.75) is 32.9 Å². The number of amides is 1. The summed E-state index contributed by atoms with van der Waals surface area (Å²) < 4.78 is 3.41. The molecule has 1 N–H and O–H groups in total. The summed E-state index contributed by atoms with van der Waals surface area (Å²) in [5.74, 6) is 0.646. The lowest BCUT2D eigenvalue weighted by Crippen LogP contribution is -2.28. The number of nitrogens with one attached hydrogen (secondary N) is 1. The van der Waals surface area contributed by atoms with E-state index in [1.807, 2.05) is 43.5 Å². The molecule has 2 heterocycles. The molecule has 3 rings (SSSR count). The van der Waals surface area contributed by atoms with Crippen LogP contribution in [-0.4, -0.2) is 35.9 Å². The molecule has 8 nitrogen and oxygen atoms in total. The van der Waals surface area contributed by atoms with Crippen molar-refractivity contribution in [3.8, 4) is 5.69 Å². The predicted octanol–water partition coefficient (Wildman–Crippen LogP) is 1.43. The summed E-state index contributed by atoms with van der Waals surface area (Å²) in [7, 11) is 0. The van der Waals surface area contributed by atoms with Gasteiger partial charge in [0.05, 0.1) is 18.3 Å². The van der Waals surface area contributed by atoms with Crippen LogP contribution in [-0.2, 0) is 11.3 Å². The molecular formula is C16H19N7O. The molecule has 0 radical (unpaired) electrons. The second kappa shape index (κ2) is 7.03. The van der Waals surface area contributed by atoms with Gasteiger partial charge in [-0.3, -0.25) is 4.79 Å². The van der Waals surface area contributed by atoms with E-state index in [9.17, 15) is 4.79 Å². The molecular weight excluding hydrogens is 306 g/mol. The lowest BCUT2D eigenvalue weighted by molar-refractivity contribution is -0.122. The van der Waals surface area contributed by atoms with Gasteiger partial charge in [-0.1, -0.05) is 18.2 Å². The third-order valence-corrected chi connectivity index (χ3v) is 3.79. The Morgan fingerprint density at radius 1 is 1.29 bits per heavy atom. The van der Waals surface area contributed by atoms with Gasteiger partial charge in [-0.15, -0.1) is 5.10 Å². The Bertz CT molecular complexity index is 809. The molecule has 0 spiro atoms. The van der Waals surface area contributed by atoms with Crippen molar-refractivity contribution in [3.05, 3.63) is 54.1 Å². The van der Waals surface area contributed by atoms with Gasteiger partial charge in [0.2, 0.25) is 5.91 Å². The number of para-hydroxylation sites is 1. The highest BCUT2D eigenvalue weighted by molar-refractivity contribution is 5.76. The predicted molar refractivity (Wildman–Crippen MR) is 87.3 cm³/mol. The molecule has 1 aromatic carbocycles. The van der Waals surface area contributed by atoms with Crippen molar-refractivity contribution in [3.63, 3.8) is 0 Å². The van der Waals surface area contributed by atoms with Crippen molar-refractivity contribution < 1.29 is 4.79 Å². The van der Waals surface area contributed by atoms with Crippen LogP contribution >= 0.6 is 0 Å². The lowest BCUT2D eigenvalue weighted by atomic mass is 10.1. The van der Waals surface area contributed by atoms with E-state index in [-0.39, 0.29) is 11.9 Å². The molecule has 0 aliphatic heterocycles. The Hall–Kier alpha value is -3.03. The fourth-order valence-electron chi connectivity index (χ4n) is 2.53. The fourth-order valence-corrected chi connectivity index (χ4v) is 2.53. The van der Waals surface area contributed by atoms with Gasteiger partial charge in [0.25, 0.3) is 0 Å². The van der Waals surface area contributed by atoms with Gasteiger partial charge < -0.3 is 5.32 Å². The molecule has 2 aromatic heterocycles. The number of nitrogens with zero attached hydrogens (tertiary/aromatic N) is 6. The number of aromatic nitrogens is 6. The highest BCUT2D eigenvalue weighted by atomic mass is 16.1. The van der Waals surface area contributed by atoms with Gasteiger partial charge in [-0.25, -0.2) is 9.36 Å². The molecule has 0 bridgehead atoms. The van der Waals surface area contributed by atoms with Crippen LogP contribution < -0.4 is 5.32 Å². The molecule has 3 aromatic rings. The lowest BCUT2D eigenvalue weighted by Gasteiger charge is -2.18.